The number of carbonyl (C=O) groups is 2. The van der Waals surface area contributed by atoms with Crippen molar-refractivity contribution < 1.29 is 14.3 Å². The molecule has 0 aliphatic heterocycles. The number of hydrogen-bond donors (Lipinski definition) is 0. The van der Waals surface area contributed by atoms with E-state index in [0.717, 1.165) is 21.1 Å². The number of amides is 1. The molecule has 2 aromatic rings. The van der Waals surface area contributed by atoms with E-state index < -0.39 is 11.6 Å². The Labute approximate surface area is 183 Å². The predicted molar refractivity (Wildman–Crippen MR) is 122 cm³/mol. The Morgan fingerprint density at radius 1 is 1.07 bits per heavy atom. The Kier molecular flexibility index (Phi) is 8.15. The zero-order valence-corrected chi connectivity index (χ0v) is 19.9. The molecule has 0 N–H and O–H groups in total. The zero-order chi connectivity index (χ0) is 22.5. The maximum atomic E-state index is 13.2. The highest BCUT2D eigenvalue weighted by Crippen LogP contribution is 2.29. The monoisotopic (exact) mass is 431 g/mol. The number of esters is 1. The van der Waals surface area contributed by atoms with Crippen LogP contribution in [0.1, 0.15) is 36.2 Å². The highest BCUT2D eigenvalue weighted by atomic mass is 32.1. The lowest BCUT2D eigenvalue weighted by molar-refractivity contribution is -0.158. The van der Waals surface area contributed by atoms with E-state index in [4.69, 9.17) is 4.74 Å². The molecule has 0 saturated carbocycles. The molecule has 0 aliphatic rings. The van der Waals surface area contributed by atoms with Crippen LogP contribution in [0.5, 0.6) is 0 Å². The van der Waals surface area contributed by atoms with Crippen molar-refractivity contribution in [1.82, 2.24) is 14.8 Å². The number of aromatic nitrogens is 1. The molecule has 0 atom stereocenters. The standard InChI is InChI=1S/C23H33N3O3S/c1-16-8-10-18(11-9-16)22-19(30-17(2)24-22)14-20(27)26(13-12-25(6)7)15-21(28)29-23(3,4)5/h8-11H,12-15H2,1-7H3. The molecule has 2 rings (SSSR count). The smallest absolute Gasteiger partial charge is 0.326 e. The van der Waals surface area contributed by atoms with Crippen LogP contribution in [-0.2, 0) is 20.7 Å². The van der Waals surface area contributed by atoms with Crippen molar-refractivity contribution in [3.8, 4) is 11.3 Å². The first-order valence-electron chi connectivity index (χ1n) is 10.1. The fourth-order valence-corrected chi connectivity index (χ4v) is 3.87. The van der Waals surface area contributed by atoms with Gasteiger partial charge in [-0.05, 0) is 48.7 Å². The van der Waals surface area contributed by atoms with Crippen molar-refractivity contribution in [3.05, 3.63) is 39.7 Å². The van der Waals surface area contributed by atoms with Crippen LogP contribution in [0.25, 0.3) is 11.3 Å². The molecule has 7 heteroatoms. The molecule has 1 heterocycles. The molecular formula is C23H33N3O3S. The van der Waals surface area contributed by atoms with Crippen LogP contribution < -0.4 is 0 Å². The lowest BCUT2D eigenvalue weighted by Gasteiger charge is -2.26. The maximum absolute atomic E-state index is 13.2. The fourth-order valence-electron chi connectivity index (χ4n) is 2.92. The van der Waals surface area contributed by atoms with Gasteiger partial charge in [0.25, 0.3) is 0 Å². The second kappa shape index (κ2) is 10.2. The van der Waals surface area contributed by atoms with Gasteiger partial charge in [0.15, 0.2) is 0 Å². The van der Waals surface area contributed by atoms with Gasteiger partial charge in [-0.2, -0.15) is 0 Å². The first-order valence-corrected chi connectivity index (χ1v) is 10.9. The van der Waals surface area contributed by atoms with E-state index in [2.05, 4.69) is 4.98 Å². The number of ether oxygens (including phenoxy) is 1. The Morgan fingerprint density at radius 3 is 2.27 bits per heavy atom. The first kappa shape index (κ1) is 24.0. The highest BCUT2D eigenvalue weighted by Gasteiger charge is 2.24. The van der Waals surface area contributed by atoms with Crippen molar-refractivity contribution in [2.75, 3.05) is 33.7 Å². The minimum atomic E-state index is -0.583. The summed E-state index contributed by atoms with van der Waals surface area (Å²) in [7, 11) is 3.89. The molecule has 0 fully saturated rings. The lowest BCUT2D eigenvalue weighted by atomic mass is 10.1. The minimum absolute atomic E-state index is 0.0540. The predicted octanol–water partition coefficient (Wildman–Crippen LogP) is 3.70. The topological polar surface area (TPSA) is 62.7 Å². The average Bonchev–Trinajstić information content (AvgIpc) is 2.97. The zero-order valence-electron chi connectivity index (χ0n) is 19.1. The normalized spacial score (nSPS) is 11.6. The summed E-state index contributed by atoms with van der Waals surface area (Å²) in [5.41, 5.74) is 2.44. The van der Waals surface area contributed by atoms with E-state index in [-0.39, 0.29) is 18.9 Å². The van der Waals surface area contributed by atoms with Crippen molar-refractivity contribution in [2.24, 2.45) is 0 Å². The molecule has 1 aromatic heterocycles. The van der Waals surface area contributed by atoms with E-state index in [9.17, 15) is 9.59 Å². The summed E-state index contributed by atoms with van der Waals surface area (Å²) in [5, 5.41) is 0.917. The number of likely N-dealkylation sites (N-methyl/N-ethyl adjacent to an activating group) is 1. The maximum Gasteiger partial charge on any atom is 0.326 e. The van der Waals surface area contributed by atoms with E-state index in [1.165, 1.54) is 16.9 Å². The molecule has 0 unspecified atom stereocenters. The Hall–Kier alpha value is -2.25. The summed E-state index contributed by atoms with van der Waals surface area (Å²) in [4.78, 5) is 34.7. The van der Waals surface area contributed by atoms with Crippen molar-refractivity contribution in [3.63, 3.8) is 0 Å². The molecule has 6 nitrogen and oxygen atoms in total. The van der Waals surface area contributed by atoms with E-state index in [1.54, 1.807) is 4.90 Å². The number of hydrogen-bond acceptors (Lipinski definition) is 6. The minimum Gasteiger partial charge on any atom is -0.459 e. The van der Waals surface area contributed by atoms with Crippen molar-refractivity contribution in [1.29, 1.82) is 0 Å². The van der Waals surface area contributed by atoms with Gasteiger partial charge in [0.05, 0.1) is 17.1 Å². The van der Waals surface area contributed by atoms with Gasteiger partial charge in [-0.1, -0.05) is 29.8 Å². The van der Waals surface area contributed by atoms with Crippen LogP contribution in [0.4, 0.5) is 0 Å². The summed E-state index contributed by atoms with van der Waals surface area (Å²) in [6.07, 6.45) is 0.213. The van der Waals surface area contributed by atoms with Gasteiger partial charge in [0.1, 0.15) is 12.1 Å². The van der Waals surface area contributed by atoms with Crippen LogP contribution in [-0.4, -0.2) is 66.0 Å². The number of aryl methyl sites for hydroxylation is 2. The van der Waals surface area contributed by atoms with Crippen LogP contribution in [0.15, 0.2) is 24.3 Å². The Morgan fingerprint density at radius 2 is 1.70 bits per heavy atom. The molecule has 0 radical (unpaired) electrons. The largest absolute Gasteiger partial charge is 0.459 e. The summed E-state index contributed by atoms with van der Waals surface area (Å²) >= 11 is 1.53. The third-order valence-corrected chi connectivity index (χ3v) is 5.32. The number of carbonyl (C=O) groups excluding carboxylic acids is 2. The van der Waals surface area contributed by atoms with E-state index in [1.807, 2.05) is 77.9 Å². The van der Waals surface area contributed by atoms with Gasteiger partial charge in [-0.15, -0.1) is 11.3 Å². The molecule has 164 valence electrons. The van der Waals surface area contributed by atoms with Gasteiger partial charge in [0.2, 0.25) is 5.91 Å². The summed E-state index contributed by atoms with van der Waals surface area (Å²) in [6, 6.07) is 8.15. The number of nitrogens with zero attached hydrogens (tertiary/aromatic N) is 3. The van der Waals surface area contributed by atoms with E-state index in [0.29, 0.717) is 13.1 Å². The van der Waals surface area contributed by atoms with E-state index >= 15 is 0 Å². The van der Waals surface area contributed by atoms with Gasteiger partial charge < -0.3 is 14.5 Å². The number of benzene rings is 1. The van der Waals surface area contributed by atoms with Crippen LogP contribution in [0.2, 0.25) is 0 Å². The summed E-state index contributed by atoms with van der Waals surface area (Å²) < 4.78 is 5.43. The molecule has 30 heavy (non-hydrogen) atoms. The lowest BCUT2D eigenvalue weighted by Crippen LogP contribution is -2.42. The third-order valence-electron chi connectivity index (χ3n) is 4.35. The quantitative estimate of drug-likeness (QED) is 0.597. The molecular weight excluding hydrogens is 398 g/mol. The Bertz CT molecular complexity index is 867. The van der Waals surface area contributed by atoms with Crippen LogP contribution in [0, 0.1) is 13.8 Å². The molecule has 0 aliphatic carbocycles. The van der Waals surface area contributed by atoms with Gasteiger partial charge in [0, 0.05) is 23.5 Å². The van der Waals surface area contributed by atoms with Gasteiger partial charge in [-0.25, -0.2) is 4.98 Å². The molecule has 0 spiro atoms. The summed E-state index contributed by atoms with van der Waals surface area (Å²) in [6.45, 7) is 10.5. The second-order valence-corrected chi connectivity index (χ2v) is 10.0. The van der Waals surface area contributed by atoms with Crippen molar-refractivity contribution >= 4 is 23.2 Å². The molecule has 1 aromatic carbocycles. The molecule has 1 amide bonds. The molecule has 0 saturated heterocycles. The first-order chi connectivity index (χ1) is 13.9. The highest BCUT2D eigenvalue weighted by molar-refractivity contribution is 7.12. The summed E-state index contributed by atoms with van der Waals surface area (Å²) in [5.74, 6) is -0.492. The average molecular weight is 432 g/mol. The number of thiazole rings is 1. The SMILES string of the molecule is Cc1ccc(-c2nc(C)sc2CC(=O)N(CCN(C)C)CC(=O)OC(C)(C)C)cc1. The van der Waals surface area contributed by atoms with Crippen molar-refractivity contribution in [2.45, 2.75) is 46.6 Å². The fraction of sp³-hybridized carbons (Fsp3) is 0.522. The van der Waals surface area contributed by atoms with Crippen LogP contribution in [0.3, 0.4) is 0 Å². The Balaban J connectivity index is 2.20. The molecule has 0 bridgehead atoms. The second-order valence-electron chi connectivity index (χ2n) is 8.75. The van der Waals surface area contributed by atoms with Gasteiger partial charge in [-0.3, -0.25) is 9.59 Å². The third kappa shape index (κ3) is 7.54. The van der Waals surface area contributed by atoms with Gasteiger partial charge >= 0.3 is 5.97 Å². The number of rotatable bonds is 8. The van der Waals surface area contributed by atoms with Crippen LogP contribution >= 0.6 is 11.3 Å².